The Hall–Kier alpha value is -1.87. The molecule has 0 aliphatic carbocycles. The lowest BCUT2D eigenvalue weighted by Crippen LogP contribution is -2.63. The van der Waals surface area contributed by atoms with E-state index in [4.69, 9.17) is 4.74 Å². The smallest absolute Gasteiger partial charge is 0.460 e. The third kappa shape index (κ3) is 5.35. The van der Waals surface area contributed by atoms with Gasteiger partial charge in [0.25, 0.3) is 0 Å². The Kier molecular flexibility index (Phi) is 8.05. The number of rotatable bonds is 5. The largest absolute Gasteiger partial charge is 0.743 e. The highest BCUT2D eigenvalue weighted by Crippen LogP contribution is 2.54. The molecule has 15 heteroatoms. The molecule has 0 radical (unpaired) electrons. The van der Waals surface area contributed by atoms with Crippen molar-refractivity contribution < 1.29 is 57.2 Å². The van der Waals surface area contributed by atoms with Crippen molar-refractivity contribution >= 4 is 31.8 Å². The quantitative estimate of drug-likeness (QED) is 0.280. The van der Waals surface area contributed by atoms with Crippen molar-refractivity contribution in [3.63, 3.8) is 0 Å². The summed E-state index contributed by atoms with van der Waals surface area (Å²) in [6.07, 6.45) is -4.35. The van der Waals surface area contributed by atoms with Gasteiger partial charge in [0.15, 0.2) is 15.0 Å². The average molecular weight is 544 g/mol. The zero-order valence-corrected chi connectivity index (χ0v) is 18.8. The van der Waals surface area contributed by atoms with Crippen LogP contribution in [0.5, 0.6) is 5.75 Å². The van der Waals surface area contributed by atoms with Crippen molar-refractivity contribution in [2.24, 2.45) is 0 Å². The molecule has 1 heterocycles. The summed E-state index contributed by atoms with van der Waals surface area (Å²) in [5.74, 6) is -11.1. The summed E-state index contributed by atoms with van der Waals surface area (Å²) in [5, 5.41) is -4.50. The predicted octanol–water partition coefficient (Wildman–Crippen LogP) is 5.58. The number of hydrogen-bond donors (Lipinski definition) is 0. The first-order chi connectivity index (χ1) is 15.4. The van der Waals surface area contributed by atoms with Gasteiger partial charge >= 0.3 is 23.3 Å². The van der Waals surface area contributed by atoms with E-state index in [-0.39, 0.29) is 0 Å². The molecule has 1 aliphatic rings. The Morgan fingerprint density at radius 1 is 0.824 bits per heavy atom. The summed E-state index contributed by atoms with van der Waals surface area (Å²) < 4.78 is 141. The Balaban J connectivity index is 0.000000240. The lowest BCUT2D eigenvalue weighted by Gasteiger charge is -2.34. The first kappa shape index (κ1) is 28.4. The summed E-state index contributed by atoms with van der Waals surface area (Å²) >= 11 is 0. The van der Waals surface area contributed by atoms with Gasteiger partial charge in [-0.3, -0.25) is 0 Å². The van der Waals surface area contributed by atoms with Crippen LogP contribution < -0.4 is 4.74 Å². The number of fused-ring (bicyclic) bond motifs is 1. The molecule has 0 amide bonds. The van der Waals surface area contributed by atoms with Crippen LogP contribution in [-0.2, 0) is 21.0 Å². The first-order valence-electron chi connectivity index (χ1n) is 9.27. The maximum absolute atomic E-state index is 12.2. The molecule has 1 aliphatic heterocycles. The molecule has 34 heavy (non-hydrogen) atoms. The average Bonchev–Trinajstić information content (AvgIpc) is 3.26. The van der Waals surface area contributed by atoms with Crippen LogP contribution in [0, 0.1) is 0 Å². The highest BCUT2D eigenvalue weighted by molar-refractivity contribution is 7.97. The fourth-order valence-electron chi connectivity index (χ4n) is 2.92. The summed E-state index contributed by atoms with van der Waals surface area (Å²) in [6.45, 7) is 0. The van der Waals surface area contributed by atoms with E-state index in [1.54, 1.807) is 12.0 Å². The van der Waals surface area contributed by atoms with E-state index >= 15 is 0 Å². The van der Waals surface area contributed by atoms with Gasteiger partial charge in [-0.05, 0) is 47.9 Å². The van der Waals surface area contributed by atoms with Crippen molar-refractivity contribution in [3.8, 4) is 5.75 Å². The van der Waals surface area contributed by atoms with Gasteiger partial charge in [0.1, 0.15) is 17.3 Å². The molecule has 3 rings (SSSR count). The van der Waals surface area contributed by atoms with E-state index in [9.17, 15) is 52.5 Å². The Bertz CT molecular complexity index is 1110. The second-order valence-electron chi connectivity index (χ2n) is 7.10. The molecule has 0 spiro atoms. The van der Waals surface area contributed by atoms with Gasteiger partial charge in [-0.1, -0.05) is 6.07 Å². The third-order valence-corrected chi connectivity index (χ3v) is 8.18. The van der Waals surface area contributed by atoms with Crippen LogP contribution in [0.1, 0.15) is 12.8 Å². The first-order valence-corrected chi connectivity index (χ1v) is 12.2. The minimum atomic E-state index is -7.43. The number of halogens is 9. The van der Waals surface area contributed by atoms with Gasteiger partial charge in [-0.15, -0.1) is 0 Å². The maximum Gasteiger partial charge on any atom is 0.460 e. The summed E-state index contributed by atoms with van der Waals surface area (Å²) in [7, 11) is -5.18. The van der Waals surface area contributed by atoms with Crippen molar-refractivity contribution in [3.05, 3.63) is 36.4 Å². The number of alkyl halides is 9. The molecule has 192 valence electrons. The lowest BCUT2D eigenvalue weighted by atomic mass is 10.1. The second kappa shape index (κ2) is 9.64. The molecule has 0 bridgehead atoms. The summed E-state index contributed by atoms with van der Waals surface area (Å²) in [6, 6.07) is 13.2. The minimum Gasteiger partial charge on any atom is -0.743 e. The van der Waals surface area contributed by atoms with Crippen LogP contribution >= 0.6 is 0 Å². The fraction of sp³-hybridized carbons (Fsp3) is 0.474. The standard InChI is InChI=1S/C15H17OS.C4HF9O3S/c1-16-14-6-4-13-11-15(7-5-12(13)10-14)17-8-2-3-9-17;5-1(6,3(9,10)11)2(7,8)4(12,13)17(14,15)16/h4-7,10-11H,2-3,8-9H2,1H3;(H,14,15,16)/q+1;/p-1. The van der Waals surface area contributed by atoms with E-state index in [1.807, 2.05) is 6.07 Å². The summed E-state index contributed by atoms with van der Waals surface area (Å²) in [4.78, 5) is 1.54. The molecular formula is C19H17F9O4S2. The highest BCUT2D eigenvalue weighted by atomic mass is 32.2. The summed E-state index contributed by atoms with van der Waals surface area (Å²) in [5.41, 5.74) is 0. The number of hydrogen-bond acceptors (Lipinski definition) is 4. The van der Waals surface area contributed by atoms with Gasteiger partial charge in [0.05, 0.1) is 7.11 Å². The van der Waals surface area contributed by atoms with Gasteiger partial charge < -0.3 is 9.29 Å². The third-order valence-electron chi connectivity index (χ3n) is 4.81. The second-order valence-corrected chi connectivity index (χ2v) is 10.8. The Morgan fingerprint density at radius 2 is 1.32 bits per heavy atom. The molecule has 2 aromatic rings. The molecule has 4 nitrogen and oxygen atoms in total. The maximum atomic E-state index is 12.2. The van der Waals surface area contributed by atoms with Crippen molar-refractivity contribution in [2.75, 3.05) is 18.6 Å². The Morgan fingerprint density at radius 3 is 1.79 bits per heavy atom. The van der Waals surface area contributed by atoms with E-state index in [0.29, 0.717) is 10.9 Å². The number of ether oxygens (including phenoxy) is 1. The number of methoxy groups -OCH3 is 1. The molecule has 0 N–H and O–H groups in total. The van der Waals surface area contributed by atoms with Crippen molar-refractivity contribution in [1.29, 1.82) is 0 Å². The molecule has 1 saturated heterocycles. The molecular weight excluding hydrogens is 527 g/mol. The topological polar surface area (TPSA) is 66.4 Å². The number of benzene rings is 2. The molecule has 0 aromatic heterocycles. The van der Waals surface area contributed by atoms with Crippen LogP contribution in [0.25, 0.3) is 10.8 Å². The SMILES string of the molecule is COc1ccc2cc([S+]3CCCC3)ccc2c1.O=S(=O)([O-])C(F)(F)C(F)(F)C(F)(F)C(F)(F)F. The normalized spacial score (nSPS) is 16.3. The van der Waals surface area contributed by atoms with Crippen LogP contribution in [0.3, 0.4) is 0 Å². The lowest BCUT2D eigenvalue weighted by molar-refractivity contribution is -0.382. The molecule has 2 aromatic carbocycles. The van der Waals surface area contributed by atoms with E-state index in [2.05, 4.69) is 30.3 Å². The van der Waals surface area contributed by atoms with Crippen LogP contribution in [0.15, 0.2) is 41.3 Å². The zero-order chi connectivity index (χ0) is 26.2. The van der Waals surface area contributed by atoms with Crippen molar-refractivity contribution in [2.45, 2.75) is 41.0 Å². The van der Waals surface area contributed by atoms with E-state index in [0.717, 1.165) is 5.75 Å². The van der Waals surface area contributed by atoms with Crippen LogP contribution in [0.2, 0.25) is 0 Å². The van der Waals surface area contributed by atoms with Crippen molar-refractivity contribution in [1.82, 2.24) is 0 Å². The fourth-order valence-corrected chi connectivity index (χ4v) is 5.69. The monoisotopic (exact) mass is 544 g/mol. The molecule has 0 atom stereocenters. The zero-order valence-electron chi connectivity index (χ0n) is 17.1. The van der Waals surface area contributed by atoms with E-state index < -0.39 is 33.4 Å². The van der Waals surface area contributed by atoms with Gasteiger partial charge in [-0.2, -0.15) is 39.5 Å². The molecule has 0 unspecified atom stereocenters. The Labute approximate surface area is 191 Å². The van der Waals surface area contributed by atoms with E-state index in [1.165, 1.54) is 35.1 Å². The van der Waals surface area contributed by atoms with Crippen LogP contribution in [-0.4, -0.2) is 54.9 Å². The van der Waals surface area contributed by atoms with Gasteiger partial charge in [0.2, 0.25) is 0 Å². The van der Waals surface area contributed by atoms with Gasteiger partial charge in [-0.25, -0.2) is 8.42 Å². The van der Waals surface area contributed by atoms with Gasteiger partial charge in [0, 0.05) is 17.0 Å². The molecule has 1 fully saturated rings. The predicted molar refractivity (Wildman–Crippen MR) is 106 cm³/mol. The minimum absolute atomic E-state index is 0.515. The van der Waals surface area contributed by atoms with Crippen LogP contribution in [0.4, 0.5) is 39.5 Å². The highest BCUT2D eigenvalue weighted by Gasteiger charge is 2.83. The molecule has 0 saturated carbocycles.